The van der Waals surface area contributed by atoms with Crippen molar-refractivity contribution in [3.05, 3.63) is 34.6 Å². The van der Waals surface area contributed by atoms with Gasteiger partial charge in [-0.15, -0.1) is 0 Å². The summed E-state index contributed by atoms with van der Waals surface area (Å²) in [5.41, 5.74) is -1.09. The lowest BCUT2D eigenvalue weighted by Gasteiger charge is -2.25. The molecule has 2 saturated heterocycles. The second-order valence-electron chi connectivity index (χ2n) is 6.70. The molecule has 136 valence electrons. The van der Waals surface area contributed by atoms with E-state index in [9.17, 15) is 19.1 Å². The molecular formula is C17H20ClFN2O4. The summed E-state index contributed by atoms with van der Waals surface area (Å²) in [7, 11) is 1.60. The maximum Gasteiger partial charge on any atom is 0.313 e. The molecule has 1 aromatic rings. The van der Waals surface area contributed by atoms with Gasteiger partial charge in [-0.25, -0.2) is 4.39 Å². The van der Waals surface area contributed by atoms with Gasteiger partial charge in [0.25, 0.3) is 5.91 Å². The molecule has 1 aromatic carbocycles. The first kappa shape index (κ1) is 18.1. The van der Waals surface area contributed by atoms with E-state index in [2.05, 4.69) is 0 Å². The molecule has 2 fully saturated rings. The molecule has 3 rings (SSSR count). The first-order chi connectivity index (χ1) is 11.9. The van der Waals surface area contributed by atoms with Gasteiger partial charge in [-0.1, -0.05) is 11.6 Å². The predicted molar refractivity (Wildman–Crippen MR) is 89.2 cm³/mol. The number of hydrogen-bond donors (Lipinski definition) is 1. The smallest absolute Gasteiger partial charge is 0.313 e. The zero-order chi connectivity index (χ0) is 18.2. The van der Waals surface area contributed by atoms with Gasteiger partial charge in [0.15, 0.2) is 0 Å². The van der Waals surface area contributed by atoms with Crippen LogP contribution in [0.15, 0.2) is 18.2 Å². The average molecular weight is 371 g/mol. The lowest BCUT2D eigenvalue weighted by molar-refractivity contribution is -0.148. The third kappa shape index (κ3) is 3.23. The Morgan fingerprint density at radius 3 is 2.76 bits per heavy atom. The van der Waals surface area contributed by atoms with Gasteiger partial charge in [0, 0.05) is 50.8 Å². The highest BCUT2D eigenvalue weighted by Gasteiger charge is 2.58. The zero-order valence-electron chi connectivity index (χ0n) is 13.9. The number of ether oxygens (including phenoxy) is 1. The van der Waals surface area contributed by atoms with Gasteiger partial charge in [-0.05, 0) is 18.2 Å². The molecule has 2 aliphatic heterocycles. The van der Waals surface area contributed by atoms with E-state index in [1.54, 1.807) is 7.11 Å². The number of benzene rings is 1. The standard InChI is InChI=1S/C17H20ClFN2O4/c1-25-5-4-20-7-11-8-21(10-17(11,9-20)16(23)24)15(22)13-3-2-12(18)6-14(13)19/h2-3,6,11H,4-5,7-10H2,1H3,(H,23,24)/t11?,17-/m1/s1. The summed E-state index contributed by atoms with van der Waals surface area (Å²) < 4.78 is 19.1. The minimum atomic E-state index is -1.01. The van der Waals surface area contributed by atoms with Gasteiger partial charge in [0.05, 0.1) is 12.2 Å². The number of carboxylic acid groups (broad SMARTS) is 1. The molecule has 2 atom stereocenters. The predicted octanol–water partition coefficient (Wildman–Crippen LogP) is 1.58. The van der Waals surface area contributed by atoms with Gasteiger partial charge in [0.1, 0.15) is 11.2 Å². The third-order valence-electron chi connectivity index (χ3n) is 5.17. The number of aliphatic carboxylic acids is 1. The number of carbonyl (C=O) groups is 2. The molecule has 6 nitrogen and oxygen atoms in total. The molecule has 0 aromatic heterocycles. The molecule has 1 unspecified atom stereocenters. The highest BCUT2D eigenvalue weighted by atomic mass is 35.5. The van der Waals surface area contributed by atoms with E-state index in [4.69, 9.17) is 16.3 Å². The number of methoxy groups -OCH3 is 1. The van der Waals surface area contributed by atoms with E-state index < -0.39 is 23.1 Å². The van der Waals surface area contributed by atoms with Crippen molar-refractivity contribution in [1.82, 2.24) is 9.80 Å². The molecule has 0 bridgehead atoms. The number of amides is 1. The van der Waals surface area contributed by atoms with Crippen LogP contribution in [0.4, 0.5) is 4.39 Å². The Kier molecular flexibility index (Phi) is 4.99. The van der Waals surface area contributed by atoms with Gasteiger partial charge < -0.3 is 14.7 Å². The highest BCUT2D eigenvalue weighted by Crippen LogP contribution is 2.43. The summed E-state index contributed by atoms with van der Waals surface area (Å²) in [4.78, 5) is 28.1. The highest BCUT2D eigenvalue weighted by molar-refractivity contribution is 6.30. The lowest BCUT2D eigenvalue weighted by atomic mass is 9.81. The molecule has 1 N–H and O–H groups in total. The zero-order valence-corrected chi connectivity index (χ0v) is 14.6. The maximum absolute atomic E-state index is 14.0. The summed E-state index contributed by atoms with van der Waals surface area (Å²) in [5, 5.41) is 10.0. The van der Waals surface area contributed by atoms with Crippen LogP contribution in [0.3, 0.4) is 0 Å². The Morgan fingerprint density at radius 1 is 1.40 bits per heavy atom. The van der Waals surface area contributed by atoms with Crippen LogP contribution in [0.1, 0.15) is 10.4 Å². The molecule has 8 heteroatoms. The summed E-state index contributed by atoms with van der Waals surface area (Å²) in [5.74, 6) is -2.28. The second kappa shape index (κ2) is 6.90. The monoisotopic (exact) mass is 370 g/mol. The molecule has 0 saturated carbocycles. The van der Waals surface area contributed by atoms with Gasteiger partial charge >= 0.3 is 5.97 Å². The minimum Gasteiger partial charge on any atom is -0.481 e. The van der Waals surface area contributed by atoms with E-state index in [-0.39, 0.29) is 23.0 Å². The van der Waals surface area contributed by atoms with Crippen molar-refractivity contribution >= 4 is 23.5 Å². The minimum absolute atomic E-state index is 0.0807. The lowest BCUT2D eigenvalue weighted by Crippen LogP contribution is -2.42. The normalized spacial score (nSPS) is 26.0. The fourth-order valence-corrected chi connectivity index (χ4v) is 4.01. The van der Waals surface area contributed by atoms with E-state index in [0.717, 1.165) is 6.07 Å². The fraction of sp³-hybridized carbons (Fsp3) is 0.529. The van der Waals surface area contributed by atoms with Crippen molar-refractivity contribution in [1.29, 1.82) is 0 Å². The number of carboxylic acids is 1. The first-order valence-corrected chi connectivity index (χ1v) is 8.44. The maximum atomic E-state index is 14.0. The van der Waals surface area contributed by atoms with Crippen LogP contribution >= 0.6 is 11.6 Å². The Bertz CT molecular complexity index is 701. The molecule has 0 radical (unpaired) electrons. The van der Waals surface area contributed by atoms with Gasteiger partial charge in [-0.2, -0.15) is 0 Å². The number of carbonyl (C=O) groups excluding carboxylic acids is 1. The van der Waals surface area contributed by atoms with Crippen LogP contribution in [0.2, 0.25) is 5.02 Å². The van der Waals surface area contributed by atoms with Crippen LogP contribution < -0.4 is 0 Å². The van der Waals surface area contributed by atoms with Crippen molar-refractivity contribution < 1.29 is 23.8 Å². The van der Waals surface area contributed by atoms with Crippen LogP contribution in [-0.4, -0.2) is 73.2 Å². The third-order valence-corrected chi connectivity index (χ3v) is 5.40. The SMILES string of the molecule is COCCN1CC2CN(C(=O)c3ccc(Cl)cc3F)C[C@]2(C(=O)O)C1. The quantitative estimate of drug-likeness (QED) is 0.852. The van der Waals surface area contributed by atoms with E-state index in [0.29, 0.717) is 32.8 Å². The number of halogens is 2. The van der Waals surface area contributed by atoms with Gasteiger partial charge in [-0.3, -0.25) is 14.5 Å². The Balaban J connectivity index is 1.78. The number of likely N-dealkylation sites (tertiary alicyclic amines) is 2. The molecule has 2 heterocycles. The molecule has 1 amide bonds. The Labute approximate surface area is 150 Å². The fourth-order valence-electron chi connectivity index (χ4n) is 3.85. The summed E-state index contributed by atoms with van der Waals surface area (Å²) >= 11 is 5.72. The first-order valence-electron chi connectivity index (χ1n) is 8.06. The van der Waals surface area contributed by atoms with E-state index >= 15 is 0 Å². The van der Waals surface area contributed by atoms with Crippen LogP contribution in [0.25, 0.3) is 0 Å². The van der Waals surface area contributed by atoms with E-state index in [1.165, 1.54) is 17.0 Å². The molecule has 0 aliphatic carbocycles. The number of nitrogens with zero attached hydrogens (tertiary/aromatic N) is 2. The summed E-state index contributed by atoms with van der Waals surface area (Å²) in [6.07, 6.45) is 0. The number of fused-ring (bicyclic) bond motifs is 1. The Morgan fingerprint density at radius 2 is 2.16 bits per heavy atom. The van der Waals surface area contributed by atoms with Crippen molar-refractivity contribution in [2.75, 3.05) is 46.4 Å². The average Bonchev–Trinajstić information content (AvgIpc) is 3.07. The molecule has 25 heavy (non-hydrogen) atoms. The van der Waals surface area contributed by atoms with Crippen molar-refractivity contribution in [2.24, 2.45) is 11.3 Å². The van der Waals surface area contributed by atoms with Crippen molar-refractivity contribution in [2.45, 2.75) is 0 Å². The summed E-state index contributed by atoms with van der Waals surface area (Å²) in [6.45, 7) is 2.52. The number of rotatable bonds is 5. The van der Waals surface area contributed by atoms with Gasteiger partial charge in [0.2, 0.25) is 0 Å². The topological polar surface area (TPSA) is 70.1 Å². The van der Waals surface area contributed by atoms with Crippen LogP contribution in [0.5, 0.6) is 0 Å². The van der Waals surface area contributed by atoms with Crippen molar-refractivity contribution in [3.63, 3.8) is 0 Å². The molecule has 0 spiro atoms. The second-order valence-corrected chi connectivity index (χ2v) is 7.13. The summed E-state index contributed by atoms with van der Waals surface area (Å²) in [6, 6.07) is 3.88. The van der Waals surface area contributed by atoms with Crippen LogP contribution in [0, 0.1) is 17.2 Å². The Hall–Kier alpha value is -1.70. The van der Waals surface area contributed by atoms with Crippen molar-refractivity contribution in [3.8, 4) is 0 Å². The van der Waals surface area contributed by atoms with Crippen LogP contribution in [-0.2, 0) is 9.53 Å². The number of hydrogen-bond acceptors (Lipinski definition) is 4. The van der Waals surface area contributed by atoms with E-state index in [1.807, 2.05) is 4.90 Å². The molecule has 2 aliphatic rings. The molecular weight excluding hydrogens is 351 g/mol. The largest absolute Gasteiger partial charge is 0.481 e.